The number of ether oxygens (including phenoxy) is 7. The van der Waals surface area contributed by atoms with E-state index in [1.54, 1.807) is 35.5 Å². The highest BCUT2D eigenvalue weighted by Gasteiger charge is 2.32. The first kappa shape index (κ1) is 32.6. The van der Waals surface area contributed by atoms with Gasteiger partial charge in [-0.3, -0.25) is 0 Å². The zero-order chi connectivity index (χ0) is 30.2. The highest BCUT2D eigenvalue weighted by molar-refractivity contribution is 5.85. The summed E-state index contributed by atoms with van der Waals surface area (Å²) in [6.07, 6.45) is 1.40. The second-order valence-corrected chi connectivity index (χ2v) is 10.2. The third-order valence-electron chi connectivity index (χ3n) is 7.64. The van der Waals surface area contributed by atoms with Gasteiger partial charge in [0.1, 0.15) is 13.2 Å². The predicted molar refractivity (Wildman–Crippen MR) is 173 cm³/mol. The van der Waals surface area contributed by atoms with Gasteiger partial charge in [0.2, 0.25) is 17.2 Å². The van der Waals surface area contributed by atoms with Crippen molar-refractivity contribution in [2.24, 2.45) is 0 Å². The van der Waals surface area contributed by atoms with Gasteiger partial charge in [-0.1, -0.05) is 60.7 Å². The first-order chi connectivity index (χ1) is 21.1. The van der Waals surface area contributed by atoms with Crippen molar-refractivity contribution < 1.29 is 33.2 Å². The number of methoxy groups -OCH3 is 5. The van der Waals surface area contributed by atoms with Crippen LogP contribution in [0.15, 0.2) is 72.8 Å². The molecule has 1 N–H and O–H groups in total. The minimum absolute atomic E-state index is 0. The van der Waals surface area contributed by atoms with Gasteiger partial charge < -0.3 is 38.5 Å². The summed E-state index contributed by atoms with van der Waals surface area (Å²) in [6.45, 7) is 1.67. The van der Waals surface area contributed by atoms with Gasteiger partial charge in [-0.15, -0.1) is 12.4 Å². The van der Waals surface area contributed by atoms with Crippen molar-refractivity contribution in [3.63, 3.8) is 0 Å². The third-order valence-corrected chi connectivity index (χ3v) is 7.64. The molecule has 1 aliphatic heterocycles. The van der Waals surface area contributed by atoms with Gasteiger partial charge in [-0.2, -0.15) is 0 Å². The lowest BCUT2D eigenvalue weighted by atomic mass is 9.89. The number of fused-ring (bicyclic) bond motifs is 1. The van der Waals surface area contributed by atoms with E-state index in [0.717, 1.165) is 41.0 Å². The number of rotatable bonds is 13. The van der Waals surface area contributed by atoms with Crippen molar-refractivity contribution in [3.8, 4) is 40.2 Å². The van der Waals surface area contributed by atoms with Gasteiger partial charge >= 0.3 is 0 Å². The average Bonchev–Trinajstić information content (AvgIpc) is 3.06. The topological polar surface area (TPSA) is 76.6 Å². The van der Waals surface area contributed by atoms with E-state index in [1.165, 1.54) is 5.56 Å². The molecule has 1 unspecified atom stereocenters. The quantitative estimate of drug-likeness (QED) is 0.176. The van der Waals surface area contributed by atoms with Crippen molar-refractivity contribution in [2.75, 3.05) is 42.1 Å². The second-order valence-electron chi connectivity index (χ2n) is 10.2. The summed E-state index contributed by atoms with van der Waals surface area (Å²) in [4.78, 5) is 0. The molecule has 1 heterocycles. The summed E-state index contributed by atoms with van der Waals surface area (Å²) in [6, 6.07) is 24.4. The summed E-state index contributed by atoms with van der Waals surface area (Å²) in [5.74, 6) is 3.80. The molecule has 0 saturated carbocycles. The van der Waals surface area contributed by atoms with Crippen molar-refractivity contribution >= 4 is 12.4 Å². The largest absolute Gasteiger partial charge is 0.492 e. The van der Waals surface area contributed by atoms with E-state index in [1.807, 2.05) is 36.4 Å². The summed E-state index contributed by atoms with van der Waals surface area (Å²) in [5.41, 5.74) is 5.30. The molecule has 8 nitrogen and oxygen atoms in total. The number of benzene rings is 4. The maximum absolute atomic E-state index is 6.41. The van der Waals surface area contributed by atoms with E-state index in [2.05, 4.69) is 41.7 Å². The minimum Gasteiger partial charge on any atom is -0.492 e. The number of hydrogen-bond donors (Lipinski definition) is 1. The van der Waals surface area contributed by atoms with Crippen molar-refractivity contribution in [2.45, 2.75) is 32.1 Å². The fourth-order valence-electron chi connectivity index (χ4n) is 5.59. The van der Waals surface area contributed by atoms with E-state index in [9.17, 15) is 0 Å². The van der Waals surface area contributed by atoms with E-state index in [-0.39, 0.29) is 18.4 Å². The van der Waals surface area contributed by atoms with Crippen LogP contribution >= 0.6 is 12.4 Å². The molecule has 0 bridgehead atoms. The molecule has 0 aliphatic carbocycles. The van der Waals surface area contributed by atoms with Crippen LogP contribution in [-0.4, -0.2) is 42.1 Å². The molecule has 0 aromatic heterocycles. The lowest BCUT2D eigenvalue weighted by Gasteiger charge is -2.30. The van der Waals surface area contributed by atoms with Crippen LogP contribution in [0.25, 0.3) is 0 Å². The fourth-order valence-corrected chi connectivity index (χ4v) is 5.59. The standard InChI is InChI=1S/C35H39NO7.ClH/c1-37-31-27(32(38-2)34(40-4)35(41-5)33(31)39-3)19-28-26-20-30(43-22-24-14-10-7-11-15-24)29(18-25(26)16-17-36-28)42-21-23-12-8-6-9-13-23;/h6-15,18,20,28,36H,16-17,19,21-22H2,1-5H3;1H. The van der Waals surface area contributed by atoms with Gasteiger partial charge in [0, 0.05) is 11.6 Å². The summed E-state index contributed by atoms with van der Waals surface area (Å²) >= 11 is 0. The normalized spacial score (nSPS) is 13.6. The van der Waals surface area contributed by atoms with Gasteiger partial charge in [0.05, 0.1) is 35.5 Å². The number of nitrogens with one attached hydrogen (secondary N) is 1. The lowest BCUT2D eigenvalue weighted by molar-refractivity contribution is 0.254. The molecular weight excluding hydrogens is 582 g/mol. The molecule has 0 radical (unpaired) electrons. The lowest BCUT2D eigenvalue weighted by Crippen LogP contribution is -2.31. The Labute approximate surface area is 265 Å². The van der Waals surface area contributed by atoms with Gasteiger partial charge in [0.15, 0.2) is 23.0 Å². The molecule has 44 heavy (non-hydrogen) atoms. The third kappa shape index (κ3) is 6.93. The predicted octanol–water partition coefficient (Wildman–Crippen LogP) is 6.74. The Kier molecular flexibility index (Phi) is 11.5. The van der Waals surface area contributed by atoms with Gasteiger partial charge in [0.25, 0.3) is 0 Å². The molecule has 0 saturated heterocycles. The molecule has 0 amide bonds. The Balaban J connectivity index is 0.00000442. The van der Waals surface area contributed by atoms with Gasteiger partial charge in [-0.05, 0) is 53.8 Å². The summed E-state index contributed by atoms with van der Waals surface area (Å²) in [5, 5.41) is 3.69. The van der Waals surface area contributed by atoms with Gasteiger partial charge in [-0.25, -0.2) is 0 Å². The van der Waals surface area contributed by atoms with E-state index in [4.69, 9.17) is 33.2 Å². The van der Waals surface area contributed by atoms with Crippen molar-refractivity contribution in [1.82, 2.24) is 5.32 Å². The van der Waals surface area contributed by atoms with Crippen molar-refractivity contribution in [1.29, 1.82) is 0 Å². The molecule has 4 aromatic rings. The van der Waals surface area contributed by atoms with Crippen LogP contribution in [0.1, 0.15) is 33.9 Å². The van der Waals surface area contributed by atoms with Crippen LogP contribution in [0.3, 0.4) is 0 Å². The molecule has 0 fully saturated rings. The fraction of sp³-hybridized carbons (Fsp3) is 0.314. The first-order valence-corrected chi connectivity index (χ1v) is 14.3. The Hall–Kier alpha value is -4.27. The van der Waals surface area contributed by atoms with Crippen LogP contribution in [0.2, 0.25) is 0 Å². The maximum Gasteiger partial charge on any atom is 0.211 e. The highest BCUT2D eigenvalue weighted by atomic mass is 35.5. The Morgan fingerprint density at radius 1 is 0.614 bits per heavy atom. The smallest absolute Gasteiger partial charge is 0.211 e. The van der Waals surface area contributed by atoms with Crippen LogP contribution in [0.4, 0.5) is 0 Å². The van der Waals surface area contributed by atoms with Crippen LogP contribution in [0.5, 0.6) is 40.2 Å². The van der Waals surface area contributed by atoms with E-state index < -0.39 is 0 Å². The molecule has 1 aliphatic rings. The monoisotopic (exact) mass is 621 g/mol. The minimum atomic E-state index is -0.0726. The zero-order valence-corrected chi connectivity index (χ0v) is 26.6. The maximum atomic E-state index is 6.41. The Morgan fingerprint density at radius 2 is 1.07 bits per heavy atom. The average molecular weight is 622 g/mol. The number of halogens is 1. The molecule has 4 aromatic carbocycles. The molecule has 1 atom stereocenters. The molecule has 5 rings (SSSR count). The molecule has 234 valence electrons. The SMILES string of the molecule is COc1c(CC2NCCc3cc(OCc4ccccc4)c(OCc4ccccc4)cc32)c(OC)c(OC)c(OC)c1OC.Cl. The Morgan fingerprint density at radius 3 is 1.55 bits per heavy atom. The molecule has 9 heteroatoms. The summed E-state index contributed by atoms with van der Waals surface area (Å²) in [7, 11) is 7.95. The van der Waals surface area contributed by atoms with Crippen LogP contribution < -0.4 is 38.5 Å². The number of hydrogen-bond acceptors (Lipinski definition) is 8. The zero-order valence-electron chi connectivity index (χ0n) is 25.8. The molecule has 0 spiro atoms. The van der Waals surface area contributed by atoms with Crippen LogP contribution in [0, 0.1) is 0 Å². The van der Waals surface area contributed by atoms with E-state index in [0.29, 0.717) is 54.1 Å². The summed E-state index contributed by atoms with van der Waals surface area (Å²) < 4.78 is 41.6. The Bertz CT molecular complexity index is 1480. The molecular formula is C35H40ClNO7. The first-order valence-electron chi connectivity index (χ1n) is 14.3. The highest BCUT2D eigenvalue weighted by Crippen LogP contribution is 2.54. The van der Waals surface area contributed by atoms with Crippen molar-refractivity contribution in [3.05, 3.63) is 101 Å². The second kappa shape index (κ2) is 15.5. The van der Waals surface area contributed by atoms with E-state index >= 15 is 0 Å². The van der Waals surface area contributed by atoms with Crippen LogP contribution in [-0.2, 0) is 26.1 Å².